The third-order valence-electron chi connectivity index (χ3n) is 27.1. The van der Waals surface area contributed by atoms with E-state index in [1.807, 2.05) is 152 Å². The van der Waals surface area contributed by atoms with Gasteiger partial charge in [-0.3, -0.25) is 14.4 Å². The van der Waals surface area contributed by atoms with Gasteiger partial charge in [0.25, 0.3) is 0 Å². The molecule has 18 rings (SSSR count). The van der Waals surface area contributed by atoms with Gasteiger partial charge < -0.3 is 0 Å². The molecule has 6 saturated heterocycles. The van der Waals surface area contributed by atoms with Crippen LogP contribution in [0.5, 0.6) is 0 Å². The van der Waals surface area contributed by atoms with Crippen molar-refractivity contribution >= 4 is 112 Å². The van der Waals surface area contributed by atoms with Crippen molar-refractivity contribution in [1.82, 2.24) is 25.8 Å². The predicted octanol–water partition coefficient (Wildman–Crippen LogP) is 20.4. The maximum absolute atomic E-state index is 14.7. The fraction of sp³-hybridized carbons (Fsp3) is 0.286. The summed E-state index contributed by atoms with van der Waals surface area (Å²) in [5.74, 6) is -3.05. The Hall–Kier alpha value is -10.0. The number of hydrogen-bond acceptors (Lipinski definition) is 15. The molecule has 6 heterocycles. The summed E-state index contributed by atoms with van der Waals surface area (Å²) in [6.45, 7) is 16.7. The molecule has 0 amide bonds. The molecule has 21 nitrogen and oxygen atoms in total. The number of aryl methyl sites for hydroxylation is 9. The second-order valence-corrected chi connectivity index (χ2v) is 48.8. The quantitative estimate of drug-likeness (QED) is 0.0772. The van der Waals surface area contributed by atoms with E-state index >= 15 is 0 Å². The number of fused-ring (bicyclic) bond motifs is 3. The molecule has 0 unspecified atom stereocenters. The lowest BCUT2D eigenvalue weighted by Crippen LogP contribution is -2.61. The Balaban J connectivity index is 0.000000147. The molecule has 0 bridgehead atoms. The SMILES string of the molecule is Cc1ccc([C@@H]2C[C@H]3[C@@H](CN2S(=O)(=O)c2ccc(C)cc2)C(=O)C[C@@H](c2ccc(C)cc2)N3S(=O)(=O)c2ccc(Cl)cc2)cc1.Cc1ccc([C@@H]2C[C@H]3[C@@H](CN2S(=O)(=O)c2ccc(C)cc2)C(=O)C[C@@H](c2ccc(Cl)cc2)N3S(=O)(=O)c2ccccc2C)cc1.Cc1ccc([C@@H]2C[C@H]3[C@@H](CN2S(=O)(=O)c2ccc(C)cc2)C(=O)C[C@@H](c2cccc(Cl)c2)N3S(=O)(=O)c2ccc(C)cc2)cc1. The lowest BCUT2D eigenvalue weighted by Gasteiger charge is -2.51. The molecule has 6 aliphatic rings. The maximum Gasteiger partial charge on any atom is 0.244 e. The summed E-state index contributed by atoms with van der Waals surface area (Å²) in [6.07, 6.45) is 0.0820. The molecule has 0 N–H and O–H groups in total. The summed E-state index contributed by atoms with van der Waals surface area (Å²) >= 11 is 18.7. The fourth-order valence-electron chi connectivity index (χ4n) is 19.8. The molecule has 12 aromatic rings. The molecule has 702 valence electrons. The minimum absolute atomic E-state index is 0.0648. The topological polar surface area (TPSA) is 275 Å². The van der Waals surface area contributed by atoms with Gasteiger partial charge >= 0.3 is 0 Å². The van der Waals surface area contributed by atoms with E-state index in [1.54, 1.807) is 177 Å². The number of hydrogen-bond donors (Lipinski definition) is 0. The van der Waals surface area contributed by atoms with Crippen LogP contribution in [0.2, 0.25) is 15.1 Å². The van der Waals surface area contributed by atoms with Crippen LogP contribution in [-0.2, 0) is 74.5 Å². The van der Waals surface area contributed by atoms with Crippen LogP contribution in [0.1, 0.15) is 158 Å². The van der Waals surface area contributed by atoms with Gasteiger partial charge in [0.2, 0.25) is 60.1 Å². The molecule has 0 radical (unpaired) electrons. The highest BCUT2D eigenvalue weighted by molar-refractivity contribution is 7.90. The first-order chi connectivity index (χ1) is 64.1. The average molecular weight is 1990 g/mol. The number of benzene rings is 12. The van der Waals surface area contributed by atoms with Crippen molar-refractivity contribution in [3.8, 4) is 0 Å². The van der Waals surface area contributed by atoms with Crippen LogP contribution in [0.4, 0.5) is 0 Å². The molecule has 6 fully saturated rings. The standard InChI is InChI=1S/3C35H35ClN2O5S2/c1-23-4-10-26(11-5-23)32-20-34-31(22-37(32)44(40,41)29-16-8-25(3)9-17-29)35(39)21-33(27-12-6-24(2)7-13-27)38(34)45(42,43)30-18-14-28(36)15-19-30;1-23-7-13-26(14-8-23)32-20-34-31(22-37(32)44(40,41)29-15-9-24(2)10-16-29)35(39)21-33(27-5-4-6-28(36)19-27)38(34)45(42,43)30-17-11-25(3)12-18-30;1-23-8-12-26(13-9-23)31-20-33-30(22-37(31)44(40,41)29-18-10-24(2)11-19-29)34(39)21-32(27-14-16-28(36)17-15-27)38(33)45(42,43)35-7-5-4-6-25(35)3/h2*4-19,31-34H,20-22H2,1-3H3;4-19,30-33H,20-22H2,1-3H3/t2*31-,32+,33+,34+;30-,31+,32+,33+/m111/s1. The van der Waals surface area contributed by atoms with Crippen molar-refractivity contribution in [1.29, 1.82) is 0 Å². The second-order valence-electron chi connectivity index (χ2n) is 36.3. The Bertz CT molecular complexity index is 7190. The zero-order chi connectivity index (χ0) is 96.3. The highest BCUT2D eigenvalue weighted by Gasteiger charge is 2.59. The number of piperidine rings is 6. The molecule has 0 aromatic heterocycles. The van der Waals surface area contributed by atoms with Crippen LogP contribution in [0.3, 0.4) is 0 Å². The van der Waals surface area contributed by atoms with E-state index in [9.17, 15) is 64.9 Å². The van der Waals surface area contributed by atoms with E-state index in [4.69, 9.17) is 34.8 Å². The average Bonchev–Trinajstić information content (AvgIpc) is 0.728. The summed E-state index contributed by atoms with van der Waals surface area (Å²) in [4.78, 5) is 42.8. The van der Waals surface area contributed by atoms with Crippen LogP contribution in [-0.4, -0.2) is 131 Å². The lowest BCUT2D eigenvalue weighted by atomic mass is 9.77. The fourth-order valence-corrected chi connectivity index (χ4v) is 31.0. The molecular weight excluding hydrogens is 1880 g/mol. The maximum atomic E-state index is 14.7. The second kappa shape index (κ2) is 39.5. The Morgan fingerprint density at radius 2 is 0.474 bits per heavy atom. The molecule has 0 spiro atoms. The normalized spacial score (nSPS) is 23.1. The van der Waals surface area contributed by atoms with Crippen molar-refractivity contribution in [2.75, 3.05) is 19.6 Å². The number of Topliss-reactive ketones (excluding diaryl/α,β-unsaturated/α-hetero) is 3. The number of carbonyl (C=O) groups is 3. The summed E-state index contributed by atoms with van der Waals surface area (Å²) in [7, 11) is -24.6. The monoisotopic (exact) mass is 1990 g/mol. The van der Waals surface area contributed by atoms with Crippen LogP contribution in [0, 0.1) is 80.1 Å². The highest BCUT2D eigenvalue weighted by atomic mass is 35.5. The summed E-state index contributed by atoms with van der Waals surface area (Å²) in [5.41, 5.74) is 12.5. The van der Waals surface area contributed by atoms with Crippen molar-refractivity contribution in [2.45, 2.75) is 185 Å². The first-order valence-electron chi connectivity index (χ1n) is 44.7. The minimum Gasteiger partial charge on any atom is -0.299 e. The van der Waals surface area contributed by atoms with E-state index in [-0.39, 0.29) is 105 Å². The van der Waals surface area contributed by atoms with Crippen molar-refractivity contribution in [2.24, 2.45) is 17.8 Å². The zero-order valence-electron chi connectivity index (χ0n) is 75.9. The molecule has 12 atom stereocenters. The van der Waals surface area contributed by atoms with Crippen LogP contribution < -0.4 is 0 Å². The Labute approximate surface area is 808 Å². The van der Waals surface area contributed by atoms with Crippen LogP contribution >= 0.6 is 34.8 Å². The lowest BCUT2D eigenvalue weighted by molar-refractivity contribution is -0.133. The van der Waals surface area contributed by atoms with Gasteiger partial charge in [0, 0.05) is 89.8 Å². The Kier molecular flexibility index (Phi) is 28.7. The largest absolute Gasteiger partial charge is 0.299 e. The molecule has 6 aliphatic heterocycles. The van der Waals surface area contributed by atoms with E-state index in [0.717, 1.165) is 61.2 Å². The predicted molar refractivity (Wildman–Crippen MR) is 525 cm³/mol. The van der Waals surface area contributed by atoms with E-state index < -0.39 is 132 Å². The van der Waals surface area contributed by atoms with Crippen molar-refractivity contribution in [3.63, 3.8) is 0 Å². The number of halogens is 3. The Morgan fingerprint density at radius 3 is 0.763 bits per heavy atom. The van der Waals surface area contributed by atoms with Gasteiger partial charge in [-0.1, -0.05) is 267 Å². The van der Waals surface area contributed by atoms with Gasteiger partial charge in [-0.2, -0.15) is 25.8 Å². The first-order valence-corrected chi connectivity index (χ1v) is 54.5. The number of ketones is 3. The number of sulfonamides is 6. The highest BCUT2D eigenvalue weighted by Crippen LogP contribution is 2.54. The smallest absolute Gasteiger partial charge is 0.244 e. The van der Waals surface area contributed by atoms with E-state index in [0.29, 0.717) is 37.3 Å². The summed E-state index contributed by atoms with van der Waals surface area (Å²) in [5, 5.41) is 1.34. The van der Waals surface area contributed by atoms with Crippen molar-refractivity contribution in [3.05, 3.63) is 390 Å². The number of nitrogens with zero attached hydrogens (tertiary/aromatic N) is 6. The van der Waals surface area contributed by atoms with Gasteiger partial charge in [0.05, 0.1) is 65.6 Å². The van der Waals surface area contributed by atoms with Gasteiger partial charge in [-0.15, -0.1) is 0 Å². The minimum atomic E-state index is -4.15. The first kappa shape index (κ1) is 98.0. The molecular formula is C105H105Cl3N6O15S6. The molecule has 30 heteroatoms. The van der Waals surface area contributed by atoms with Crippen molar-refractivity contribution < 1.29 is 64.9 Å². The van der Waals surface area contributed by atoms with Crippen LogP contribution in [0.15, 0.2) is 321 Å². The van der Waals surface area contributed by atoms with Gasteiger partial charge in [0.1, 0.15) is 17.3 Å². The van der Waals surface area contributed by atoms with Gasteiger partial charge in [0.15, 0.2) is 0 Å². The summed E-state index contributed by atoms with van der Waals surface area (Å²) < 4.78 is 182. The molecule has 135 heavy (non-hydrogen) atoms. The van der Waals surface area contributed by atoms with Crippen LogP contribution in [0.25, 0.3) is 0 Å². The van der Waals surface area contributed by atoms with E-state index in [2.05, 4.69) is 0 Å². The van der Waals surface area contributed by atoms with Gasteiger partial charge in [-0.25, -0.2) is 50.5 Å². The summed E-state index contributed by atoms with van der Waals surface area (Å²) in [6, 6.07) is 76.9. The number of rotatable bonds is 18. The van der Waals surface area contributed by atoms with Gasteiger partial charge in [-0.05, 0) is 224 Å². The Morgan fingerprint density at radius 1 is 0.237 bits per heavy atom. The third kappa shape index (κ3) is 20.1. The van der Waals surface area contributed by atoms with E-state index in [1.165, 1.54) is 50.1 Å². The third-order valence-corrected chi connectivity index (χ3v) is 39.5. The molecule has 12 aromatic carbocycles. The number of carbonyl (C=O) groups excluding carboxylic acids is 3. The zero-order valence-corrected chi connectivity index (χ0v) is 83.1. The molecule has 0 saturated carbocycles. The molecule has 0 aliphatic carbocycles.